The van der Waals surface area contributed by atoms with Crippen LogP contribution in [0, 0.1) is 6.92 Å². The van der Waals surface area contributed by atoms with Crippen LogP contribution < -0.4 is 4.74 Å². The Labute approximate surface area is 163 Å². The minimum atomic E-state index is -0.220. The maximum Gasteiger partial charge on any atom is 0.186 e. The first-order valence-corrected chi connectivity index (χ1v) is 9.49. The summed E-state index contributed by atoms with van der Waals surface area (Å²) in [6.07, 6.45) is 0.978. The van der Waals surface area contributed by atoms with Crippen LogP contribution >= 0.6 is 0 Å². The average Bonchev–Trinajstić information content (AvgIpc) is 3.41. The second kappa shape index (κ2) is 6.72. The van der Waals surface area contributed by atoms with Crippen molar-refractivity contribution >= 4 is 0 Å². The Hall–Kier alpha value is -2.71. The summed E-state index contributed by atoms with van der Waals surface area (Å²) < 4.78 is 19.0. The van der Waals surface area contributed by atoms with E-state index in [0.717, 1.165) is 61.5 Å². The third-order valence-corrected chi connectivity index (χ3v) is 5.57. The SMILES string of the molecule is COc1cccc(CN2CCC3(C2)Cn2c(nnc2-c2cc(C)on2)CO3)c1. The van der Waals surface area contributed by atoms with E-state index in [1.165, 1.54) is 5.56 Å². The molecule has 5 rings (SSSR count). The Morgan fingerprint density at radius 3 is 2.96 bits per heavy atom. The van der Waals surface area contributed by atoms with Crippen molar-refractivity contribution in [1.82, 2.24) is 24.8 Å². The minimum absolute atomic E-state index is 0.220. The second-order valence-corrected chi connectivity index (χ2v) is 7.63. The first-order valence-electron chi connectivity index (χ1n) is 9.49. The zero-order valence-corrected chi connectivity index (χ0v) is 16.1. The number of nitrogens with zero attached hydrogens (tertiary/aromatic N) is 5. The van der Waals surface area contributed by atoms with E-state index < -0.39 is 0 Å². The van der Waals surface area contributed by atoms with E-state index in [4.69, 9.17) is 14.0 Å². The molecule has 0 saturated carbocycles. The number of hydrogen-bond acceptors (Lipinski definition) is 7. The van der Waals surface area contributed by atoms with Crippen molar-refractivity contribution in [3.63, 3.8) is 0 Å². The van der Waals surface area contributed by atoms with E-state index in [9.17, 15) is 0 Å². The molecular formula is C20H23N5O3. The van der Waals surface area contributed by atoms with Gasteiger partial charge in [-0.25, -0.2) is 0 Å². The maximum atomic E-state index is 6.29. The summed E-state index contributed by atoms with van der Waals surface area (Å²) in [4.78, 5) is 2.43. The van der Waals surface area contributed by atoms with Crippen molar-refractivity contribution in [1.29, 1.82) is 0 Å². The third kappa shape index (κ3) is 3.08. The molecule has 2 aliphatic rings. The van der Waals surface area contributed by atoms with E-state index in [2.05, 4.69) is 37.0 Å². The van der Waals surface area contributed by atoms with Crippen LogP contribution in [-0.2, 0) is 24.4 Å². The average molecular weight is 381 g/mol. The highest BCUT2D eigenvalue weighted by atomic mass is 16.5. The van der Waals surface area contributed by atoms with Crippen molar-refractivity contribution in [2.24, 2.45) is 0 Å². The van der Waals surface area contributed by atoms with Gasteiger partial charge in [0, 0.05) is 25.7 Å². The number of aryl methyl sites for hydroxylation is 1. The molecule has 0 aliphatic carbocycles. The number of aromatic nitrogens is 4. The van der Waals surface area contributed by atoms with Gasteiger partial charge in [-0.05, 0) is 31.0 Å². The minimum Gasteiger partial charge on any atom is -0.497 e. The van der Waals surface area contributed by atoms with Crippen LogP contribution in [0.25, 0.3) is 11.5 Å². The van der Waals surface area contributed by atoms with Crippen LogP contribution in [0.4, 0.5) is 0 Å². The molecule has 0 amide bonds. The van der Waals surface area contributed by atoms with Crippen LogP contribution in [-0.4, -0.2) is 50.6 Å². The summed E-state index contributed by atoms with van der Waals surface area (Å²) in [7, 11) is 1.70. The van der Waals surface area contributed by atoms with Gasteiger partial charge in [0.05, 0.1) is 13.7 Å². The molecule has 1 saturated heterocycles. The second-order valence-electron chi connectivity index (χ2n) is 7.63. The van der Waals surface area contributed by atoms with Gasteiger partial charge >= 0.3 is 0 Å². The van der Waals surface area contributed by atoms with Crippen molar-refractivity contribution in [3.05, 3.63) is 47.5 Å². The first kappa shape index (κ1) is 17.4. The molecule has 1 unspecified atom stereocenters. The summed E-state index contributed by atoms with van der Waals surface area (Å²) in [5.41, 5.74) is 1.75. The molecule has 1 aromatic carbocycles. The summed E-state index contributed by atoms with van der Waals surface area (Å²) in [5.74, 6) is 3.25. The molecule has 1 fully saturated rings. The van der Waals surface area contributed by atoms with E-state index in [-0.39, 0.29) is 5.60 Å². The molecule has 1 spiro atoms. The lowest BCUT2D eigenvalue weighted by Crippen LogP contribution is -2.44. The lowest BCUT2D eigenvalue weighted by Gasteiger charge is -2.34. The monoisotopic (exact) mass is 381 g/mol. The molecule has 1 atom stereocenters. The predicted octanol–water partition coefficient (Wildman–Crippen LogP) is 2.43. The molecule has 0 bridgehead atoms. The number of methoxy groups -OCH3 is 1. The summed E-state index contributed by atoms with van der Waals surface area (Å²) in [5, 5.41) is 12.7. The highest BCUT2D eigenvalue weighted by molar-refractivity contribution is 5.49. The Balaban J connectivity index is 1.34. The molecule has 0 N–H and O–H groups in total. The van der Waals surface area contributed by atoms with Gasteiger partial charge in [-0.1, -0.05) is 17.3 Å². The van der Waals surface area contributed by atoms with Crippen molar-refractivity contribution in [2.75, 3.05) is 20.2 Å². The summed E-state index contributed by atoms with van der Waals surface area (Å²) >= 11 is 0. The molecule has 8 heteroatoms. The molecular weight excluding hydrogens is 358 g/mol. The molecule has 0 radical (unpaired) electrons. The smallest absolute Gasteiger partial charge is 0.186 e. The van der Waals surface area contributed by atoms with Crippen molar-refractivity contribution < 1.29 is 14.0 Å². The zero-order valence-electron chi connectivity index (χ0n) is 16.1. The Morgan fingerprint density at radius 2 is 2.14 bits per heavy atom. The fourth-order valence-electron chi connectivity index (χ4n) is 4.16. The van der Waals surface area contributed by atoms with Gasteiger partial charge in [0.25, 0.3) is 0 Å². The molecule has 146 valence electrons. The standard InChI is InChI=1S/C20H23N5O3/c1-14-8-17(23-28-14)19-22-21-18-11-27-20(13-25(18)19)6-7-24(12-20)10-15-4-3-5-16(9-15)26-2/h3-5,8-9H,6-7,10-13H2,1-2H3. The largest absolute Gasteiger partial charge is 0.497 e. The zero-order chi connectivity index (χ0) is 19.1. The molecule has 4 heterocycles. The normalized spacial score (nSPS) is 21.9. The van der Waals surface area contributed by atoms with Gasteiger partial charge in [-0.2, -0.15) is 0 Å². The van der Waals surface area contributed by atoms with E-state index in [0.29, 0.717) is 6.61 Å². The van der Waals surface area contributed by atoms with Gasteiger partial charge in [0.15, 0.2) is 17.3 Å². The van der Waals surface area contributed by atoms with Crippen LogP contribution in [0.3, 0.4) is 0 Å². The van der Waals surface area contributed by atoms with Crippen LogP contribution in [0.5, 0.6) is 5.75 Å². The number of ether oxygens (including phenoxy) is 2. The van der Waals surface area contributed by atoms with Crippen LogP contribution in [0.15, 0.2) is 34.9 Å². The Morgan fingerprint density at radius 1 is 1.21 bits per heavy atom. The van der Waals surface area contributed by atoms with Crippen molar-refractivity contribution in [2.45, 2.75) is 38.6 Å². The van der Waals surface area contributed by atoms with Gasteiger partial charge in [0.1, 0.15) is 23.7 Å². The number of benzene rings is 1. The molecule has 8 nitrogen and oxygen atoms in total. The molecule has 2 aliphatic heterocycles. The number of rotatable bonds is 4. The Kier molecular flexibility index (Phi) is 4.17. The molecule has 28 heavy (non-hydrogen) atoms. The maximum absolute atomic E-state index is 6.29. The number of fused-ring (bicyclic) bond motifs is 1. The fraction of sp³-hybridized carbons (Fsp3) is 0.450. The molecule has 2 aromatic heterocycles. The van der Waals surface area contributed by atoms with Gasteiger partial charge in [-0.3, -0.25) is 4.90 Å². The first-order chi connectivity index (χ1) is 13.6. The fourth-order valence-corrected chi connectivity index (χ4v) is 4.16. The Bertz CT molecular complexity index is 997. The lowest BCUT2D eigenvalue weighted by atomic mass is 10.0. The summed E-state index contributed by atoms with van der Waals surface area (Å²) in [6, 6.07) is 10.1. The van der Waals surface area contributed by atoms with Crippen LogP contribution in [0.2, 0.25) is 0 Å². The molecule has 3 aromatic rings. The van der Waals surface area contributed by atoms with Gasteiger partial charge in [-0.15, -0.1) is 10.2 Å². The number of hydrogen-bond donors (Lipinski definition) is 0. The third-order valence-electron chi connectivity index (χ3n) is 5.57. The number of likely N-dealkylation sites (tertiary alicyclic amines) is 1. The predicted molar refractivity (Wildman–Crippen MR) is 101 cm³/mol. The van der Waals surface area contributed by atoms with E-state index >= 15 is 0 Å². The van der Waals surface area contributed by atoms with Gasteiger partial charge < -0.3 is 18.6 Å². The van der Waals surface area contributed by atoms with E-state index in [1.807, 2.05) is 25.1 Å². The van der Waals surface area contributed by atoms with Crippen molar-refractivity contribution in [3.8, 4) is 17.3 Å². The lowest BCUT2D eigenvalue weighted by molar-refractivity contribution is -0.0821. The quantitative estimate of drug-likeness (QED) is 0.687. The summed E-state index contributed by atoms with van der Waals surface area (Å²) in [6.45, 7) is 5.82. The van der Waals surface area contributed by atoms with Gasteiger partial charge in [0.2, 0.25) is 0 Å². The van der Waals surface area contributed by atoms with Crippen LogP contribution in [0.1, 0.15) is 23.6 Å². The highest BCUT2D eigenvalue weighted by Crippen LogP contribution is 2.35. The topological polar surface area (TPSA) is 78.4 Å². The van der Waals surface area contributed by atoms with E-state index in [1.54, 1.807) is 7.11 Å². The highest BCUT2D eigenvalue weighted by Gasteiger charge is 2.43.